The van der Waals surface area contributed by atoms with E-state index in [9.17, 15) is 19.2 Å². The number of hydrogen-bond donors (Lipinski definition) is 1. The quantitative estimate of drug-likeness (QED) is 0.0155. The molecule has 0 amide bonds. The Morgan fingerprint density at radius 1 is 0.411 bits per heavy atom. The molecule has 0 bridgehead atoms. The largest absolute Gasteiger partial charge is 0.465 e. The summed E-state index contributed by atoms with van der Waals surface area (Å²) in [6.45, 7) is 25.0. The minimum absolute atomic E-state index is 0.0402. The van der Waals surface area contributed by atoms with Gasteiger partial charge in [-0.25, -0.2) is 0 Å². The normalized spacial score (nSPS) is 15.1. The second-order valence-electron chi connectivity index (χ2n) is 27.7. The molecular weight excluding hydrogens is 1260 g/mol. The molecule has 2 aliphatic rings. The highest BCUT2D eigenvalue weighted by Crippen LogP contribution is 2.48. The number of rotatable bonds is 71. The average Bonchev–Trinajstić information content (AvgIpc) is 3.85. The van der Waals surface area contributed by atoms with Crippen LogP contribution in [-0.4, -0.2) is 177 Å². The summed E-state index contributed by atoms with van der Waals surface area (Å²) in [6.07, 6.45) is 60.0. The number of hydrogen-bond acceptors (Lipinski definition) is 15. The van der Waals surface area contributed by atoms with E-state index in [0.717, 1.165) is 134 Å². The molecule has 95 heavy (non-hydrogen) atoms. The number of ether oxygens (including phenoxy) is 4. The summed E-state index contributed by atoms with van der Waals surface area (Å²) >= 11 is 0. The molecule has 0 aromatic carbocycles. The first-order valence-corrected chi connectivity index (χ1v) is 45.9. The number of esters is 4. The molecule has 0 N–H and O–H groups in total. The van der Waals surface area contributed by atoms with Gasteiger partial charge in [0.1, 0.15) is 26.4 Å². The molecule has 2 fully saturated rings. The average molecular weight is 1410 g/mol. The van der Waals surface area contributed by atoms with Crippen LogP contribution in [0.15, 0.2) is 24.3 Å². The van der Waals surface area contributed by atoms with Crippen molar-refractivity contribution in [2.45, 2.75) is 322 Å². The molecule has 0 aliphatic carbocycles. The van der Waals surface area contributed by atoms with Gasteiger partial charge in [-0.05, 0) is 174 Å². The summed E-state index contributed by atoms with van der Waals surface area (Å²) < 4.78 is 23.4. The van der Waals surface area contributed by atoms with Crippen molar-refractivity contribution >= 4 is 66.2 Å². The van der Waals surface area contributed by atoms with Crippen LogP contribution in [0.3, 0.4) is 0 Å². The SMILES string of the molecule is CCCCCC/C=C\COC(=O)C(C)CCCCCCN(CCCCCCC(C(=O)OC/C=C\CCCCCC)[SH](CCCCCCCCCC)SCCOC(=O)CCN(CCCN1CCCC1)CCC(=O)OCCSSCCCCCCCCCC)CCCN1CCCC1. The van der Waals surface area contributed by atoms with Gasteiger partial charge in [0.05, 0.1) is 24.0 Å². The van der Waals surface area contributed by atoms with Gasteiger partial charge in [-0.15, -0.1) is 10.8 Å². The second-order valence-corrected chi connectivity index (χ2v) is 35.2. The second kappa shape index (κ2) is 68.4. The van der Waals surface area contributed by atoms with Crippen LogP contribution in [0.2, 0.25) is 0 Å². The van der Waals surface area contributed by atoms with E-state index in [1.54, 1.807) is 0 Å². The Labute approximate surface area is 600 Å². The van der Waals surface area contributed by atoms with Gasteiger partial charge in [-0.3, -0.25) is 19.2 Å². The third kappa shape index (κ3) is 55.9. The fourth-order valence-corrected chi connectivity index (χ4v) is 20.0. The first-order chi connectivity index (χ1) is 46.7. The molecule has 0 aromatic rings. The molecule has 2 saturated heterocycles. The molecular formula is C79H150N4O8S4. The van der Waals surface area contributed by atoms with Gasteiger partial charge in [0.15, 0.2) is 0 Å². The van der Waals surface area contributed by atoms with Crippen molar-refractivity contribution in [1.29, 1.82) is 0 Å². The minimum Gasteiger partial charge on any atom is -0.465 e. The van der Waals surface area contributed by atoms with Crippen LogP contribution in [0.4, 0.5) is 0 Å². The first kappa shape index (κ1) is 89.7. The predicted octanol–water partition coefficient (Wildman–Crippen LogP) is 20.8. The van der Waals surface area contributed by atoms with E-state index in [1.807, 2.05) is 45.4 Å². The monoisotopic (exact) mass is 1410 g/mol. The minimum atomic E-state index is -0.754. The standard InChI is InChI=1S/C79H150N4O8S4/c1-6-10-14-18-22-26-34-46-70-92-93-71-68-88-76(84)52-64-83(63-49-62-82-58-42-43-59-82)65-53-77(85)89-69-72-94-95(73-47-35-27-23-19-15-11-7-2)75(79(87)91-67-45-33-25-21-17-13-9-4)51-37-29-31-39-55-80(60-48-61-81-56-40-41-57-81)54-38-30-28-36-50-74(5)78(86)90-66-44-32-24-20-16-12-8-3/h32-33,44-45,74-75,95H,6-31,34-43,46-73H2,1-5H3/b44-32-,45-33-. The molecule has 3 unspecified atom stereocenters. The van der Waals surface area contributed by atoms with Crippen molar-refractivity contribution < 1.29 is 38.1 Å². The van der Waals surface area contributed by atoms with Gasteiger partial charge in [0.2, 0.25) is 0 Å². The molecule has 12 nitrogen and oxygen atoms in total. The highest BCUT2D eigenvalue weighted by atomic mass is 33.1. The summed E-state index contributed by atoms with van der Waals surface area (Å²) in [7, 11) is 4.84. The Balaban J connectivity index is 2.01. The van der Waals surface area contributed by atoms with E-state index < -0.39 is 9.93 Å². The van der Waals surface area contributed by atoms with Crippen LogP contribution in [0, 0.1) is 5.92 Å². The Morgan fingerprint density at radius 2 is 0.811 bits per heavy atom. The van der Waals surface area contributed by atoms with Gasteiger partial charge in [0, 0.05) is 30.3 Å². The van der Waals surface area contributed by atoms with Crippen LogP contribution in [0.5, 0.6) is 0 Å². The summed E-state index contributed by atoms with van der Waals surface area (Å²) in [5.74, 6) is 3.16. The molecule has 0 saturated carbocycles. The molecule has 0 aromatic heterocycles. The maximum atomic E-state index is 14.4. The lowest BCUT2D eigenvalue weighted by Crippen LogP contribution is -2.33. The zero-order valence-corrected chi connectivity index (χ0v) is 65.8. The predicted molar refractivity (Wildman–Crippen MR) is 418 cm³/mol. The summed E-state index contributed by atoms with van der Waals surface area (Å²) in [6, 6.07) is 0. The molecule has 2 aliphatic heterocycles. The van der Waals surface area contributed by atoms with Gasteiger partial charge < -0.3 is 38.5 Å². The topological polar surface area (TPSA) is 118 Å². The van der Waals surface area contributed by atoms with Crippen LogP contribution < -0.4 is 0 Å². The smallest absolute Gasteiger partial charge is 0.318 e. The summed E-state index contributed by atoms with van der Waals surface area (Å²) in [5.41, 5.74) is 0. The van der Waals surface area contributed by atoms with Crippen molar-refractivity contribution in [1.82, 2.24) is 19.6 Å². The fourth-order valence-electron chi connectivity index (χ4n) is 12.9. The highest BCUT2D eigenvalue weighted by Gasteiger charge is 2.27. The summed E-state index contributed by atoms with van der Waals surface area (Å²) in [4.78, 5) is 63.7. The highest BCUT2D eigenvalue weighted by molar-refractivity contribution is 8.85. The van der Waals surface area contributed by atoms with Crippen molar-refractivity contribution in [3.8, 4) is 0 Å². The lowest BCUT2D eigenvalue weighted by atomic mass is 10.0. The van der Waals surface area contributed by atoms with Gasteiger partial charge in [-0.2, -0.15) is 9.93 Å². The number of likely N-dealkylation sites (tertiary alicyclic amines) is 2. The lowest BCUT2D eigenvalue weighted by molar-refractivity contribution is -0.147. The van der Waals surface area contributed by atoms with Gasteiger partial charge in [0.25, 0.3) is 0 Å². The molecule has 16 heteroatoms. The number of unbranched alkanes of at least 4 members (excludes halogenated alkanes) is 28. The number of thiol groups is 1. The van der Waals surface area contributed by atoms with Crippen LogP contribution in [-0.2, 0) is 38.1 Å². The van der Waals surface area contributed by atoms with Crippen molar-refractivity contribution in [2.75, 3.05) is 128 Å². The van der Waals surface area contributed by atoms with E-state index in [2.05, 4.69) is 65.5 Å². The van der Waals surface area contributed by atoms with E-state index in [4.69, 9.17) is 18.9 Å². The third-order valence-corrected chi connectivity index (χ3v) is 26.9. The van der Waals surface area contributed by atoms with E-state index in [1.165, 1.54) is 219 Å². The first-order valence-electron chi connectivity index (χ1n) is 40.2. The van der Waals surface area contributed by atoms with Gasteiger partial charge >= 0.3 is 23.9 Å². The van der Waals surface area contributed by atoms with Crippen molar-refractivity contribution in [2.24, 2.45) is 5.92 Å². The fraction of sp³-hybridized carbons (Fsp3) is 0.899. The molecule has 0 spiro atoms. The van der Waals surface area contributed by atoms with Gasteiger partial charge in [-0.1, -0.05) is 247 Å². The Bertz CT molecular complexity index is 1810. The number of nitrogens with zero attached hydrogens (tertiary/aromatic N) is 4. The molecule has 2 heterocycles. The number of carbonyl (C=O) groups excluding carboxylic acids is 4. The number of allylic oxidation sites excluding steroid dienone is 2. The molecule has 558 valence electrons. The zero-order valence-electron chi connectivity index (χ0n) is 62.4. The third-order valence-electron chi connectivity index (χ3n) is 19.0. The summed E-state index contributed by atoms with van der Waals surface area (Å²) in [5, 5.41) is -0.140. The molecule has 0 radical (unpaired) electrons. The Kier molecular flexibility index (Phi) is 64.5. The van der Waals surface area contributed by atoms with E-state index >= 15 is 0 Å². The Morgan fingerprint density at radius 3 is 1.33 bits per heavy atom. The van der Waals surface area contributed by atoms with Crippen molar-refractivity contribution in [3.63, 3.8) is 0 Å². The van der Waals surface area contributed by atoms with Crippen molar-refractivity contribution in [3.05, 3.63) is 24.3 Å². The molecule has 2 rings (SSSR count). The van der Waals surface area contributed by atoms with Crippen LogP contribution in [0.1, 0.15) is 317 Å². The van der Waals surface area contributed by atoms with E-state index in [-0.39, 0.29) is 35.0 Å². The Hall–Kier alpha value is -1.40. The van der Waals surface area contributed by atoms with Crippen LogP contribution in [0.25, 0.3) is 0 Å². The van der Waals surface area contributed by atoms with Crippen LogP contribution >= 0.6 is 42.3 Å². The molecule has 3 atom stereocenters. The maximum absolute atomic E-state index is 14.4. The zero-order chi connectivity index (χ0) is 68.4. The maximum Gasteiger partial charge on any atom is 0.318 e. The number of carbonyl (C=O) groups is 4. The lowest BCUT2D eigenvalue weighted by Gasteiger charge is -2.29. The van der Waals surface area contributed by atoms with E-state index in [0.29, 0.717) is 58.1 Å².